The van der Waals surface area contributed by atoms with Gasteiger partial charge in [0.05, 0.1) is 6.54 Å². The topological polar surface area (TPSA) is 65.7 Å². The van der Waals surface area contributed by atoms with E-state index in [0.717, 1.165) is 44.6 Å². The summed E-state index contributed by atoms with van der Waals surface area (Å²) in [5.74, 6) is 1.21. The van der Waals surface area contributed by atoms with Crippen molar-refractivity contribution in [2.45, 2.75) is 25.4 Å². The Kier molecular flexibility index (Phi) is 4.40. The van der Waals surface area contributed by atoms with Gasteiger partial charge in [-0.1, -0.05) is 18.2 Å². The Hall–Kier alpha value is -2.41. The lowest BCUT2D eigenvalue weighted by atomic mass is 10.0. The van der Waals surface area contributed by atoms with Crippen LogP contribution in [0.25, 0.3) is 11.5 Å². The number of rotatable bonds is 4. The molecule has 2 aliphatic rings. The summed E-state index contributed by atoms with van der Waals surface area (Å²) in [5, 5.41) is 8.32. The van der Waals surface area contributed by atoms with Gasteiger partial charge in [-0.25, -0.2) is 4.79 Å². The molecule has 0 bridgehead atoms. The molecule has 0 atom stereocenters. The van der Waals surface area contributed by atoms with Gasteiger partial charge in [0.25, 0.3) is 0 Å². The molecule has 0 unspecified atom stereocenters. The number of hydrogen-bond acceptors (Lipinski definition) is 5. The highest BCUT2D eigenvalue weighted by Crippen LogP contribution is 2.23. The summed E-state index contributed by atoms with van der Waals surface area (Å²) < 4.78 is 5.80. The van der Waals surface area contributed by atoms with Gasteiger partial charge in [0.2, 0.25) is 11.8 Å². The number of hydrogen-bond donors (Lipinski definition) is 0. The van der Waals surface area contributed by atoms with Gasteiger partial charge in [-0.3, -0.25) is 4.90 Å². The molecule has 4 rings (SSSR count). The van der Waals surface area contributed by atoms with Crippen molar-refractivity contribution in [3.8, 4) is 11.5 Å². The number of carbonyl (C=O) groups is 1. The van der Waals surface area contributed by atoms with E-state index in [4.69, 9.17) is 4.42 Å². The predicted molar refractivity (Wildman–Crippen MR) is 92.8 cm³/mol. The first-order valence-electron chi connectivity index (χ1n) is 8.82. The van der Waals surface area contributed by atoms with E-state index < -0.39 is 0 Å². The number of nitrogens with zero attached hydrogens (tertiary/aromatic N) is 5. The number of benzene rings is 1. The van der Waals surface area contributed by atoms with Crippen LogP contribution in [0, 0.1) is 0 Å². The maximum Gasteiger partial charge on any atom is 0.320 e. The fourth-order valence-corrected chi connectivity index (χ4v) is 3.60. The molecule has 2 saturated heterocycles. The number of amides is 2. The largest absolute Gasteiger partial charge is 0.419 e. The summed E-state index contributed by atoms with van der Waals surface area (Å²) in [5.41, 5.74) is 0.941. The summed E-state index contributed by atoms with van der Waals surface area (Å²) in [6.45, 7) is 4.25. The van der Waals surface area contributed by atoms with Crippen molar-refractivity contribution in [3.63, 3.8) is 0 Å². The van der Waals surface area contributed by atoms with Gasteiger partial charge in [-0.15, -0.1) is 10.2 Å². The van der Waals surface area contributed by atoms with Crippen LogP contribution >= 0.6 is 0 Å². The lowest BCUT2D eigenvalue weighted by Gasteiger charge is -2.35. The average Bonchev–Trinajstić information content (AvgIpc) is 3.24. The van der Waals surface area contributed by atoms with E-state index in [0.29, 0.717) is 24.4 Å². The monoisotopic (exact) mass is 341 g/mol. The van der Waals surface area contributed by atoms with Crippen LogP contribution in [-0.4, -0.2) is 70.2 Å². The summed E-state index contributed by atoms with van der Waals surface area (Å²) >= 11 is 0. The molecular weight excluding hydrogens is 318 g/mol. The van der Waals surface area contributed by atoms with E-state index in [-0.39, 0.29) is 6.03 Å². The quantitative estimate of drug-likeness (QED) is 0.852. The van der Waals surface area contributed by atoms with Crippen LogP contribution in [0.3, 0.4) is 0 Å². The Morgan fingerprint density at radius 2 is 1.84 bits per heavy atom. The second-order valence-corrected chi connectivity index (χ2v) is 6.77. The van der Waals surface area contributed by atoms with Crippen molar-refractivity contribution in [3.05, 3.63) is 36.2 Å². The van der Waals surface area contributed by atoms with Crippen molar-refractivity contribution < 1.29 is 9.21 Å². The molecule has 132 valence electrons. The molecule has 2 aliphatic heterocycles. The van der Waals surface area contributed by atoms with Gasteiger partial charge in [-0.2, -0.15) is 0 Å². The van der Waals surface area contributed by atoms with Gasteiger partial charge in [-0.05, 0) is 25.0 Å². The lowest BCUT2D eigenvalue weighted by Crippen LogP contribution is -2.46. The Balaban J connectivity index is 1.32. The molecule has 0 aliphatic carbocycles. The number of piperidine rings is 1. The molecule has 0 N–H and O–H groups in total. The maximum atomic E-state index is 12.1. The second kappa shape index (κ2) is 6.84. The zero-order chi connectivity index (χ0) is 17.2. The summed E-state index contributed by atoms with van der Waals surface area (Å²) in [6, 6.07) is 10.3. The number of urea groups is 1. The normalized spacial score (nSPS) is 19.8. The summed E-state index contributed by atoms with van der Waals surface area (Å²) in [6.07, 6.45) is 2.00. The Morgan fingerprint density at radius 1 is 1.08 bits per heavy atom. The van der Waals surface area contributed by atoms with Crippen LogP contribution in [0.2, 0.25) is 0 Å². The SMILES string of the molecule is CN1CCN(C2CCN(Cc3nnc(-c4ccccc4)o3)CC2)C1=O. The van der Waals surface area contributed by atoms with Crippen molar-refractivity contribution >= 4 is 6.03 Å². The van der Waals surface area contributed by atoms with Gasteiger partial charge in [0.15, 0.2) is 0 Å². The van der Waals surface area contributed by atoms with Gasteiger partial charge in [0, 0.05) is 44.8 Å². The molecule has 1 aromatic heterocycles. The molecule has 0 saturated carbocycles. The highest BCUT2D eigenvalue weighted by molar-refractivity contribution is 5.76. The predicted octanol–water partition coefficient (Wildman–Crippen LogP) is 2.07. The van der Waals surface area contributed by atoms with Crippen LogP contribution < -0.4 is 0 Å². The Morgan fingerprint density at radius 3 is 2.52 bits per heavy atom. The summed E-state index contributed by atoms with van der Waals surface area (Å²) in [7, 11) is 1.87. The van der Waals surface area contributed by atoms with E-state index in [1.807, 2.05) is 42.3 Å². The van der Waals surface area contributed by atoms with Crippen LogP contribution in [-0.2, 0) is 6.54 Å². The molecule has 0 spiro atoms. The molecule has 25 heavy (non-hydrogen) atoms. The highest BCUT2D eigenvalue weighted by atomic mass is 16.4. The molecule has 2 aromatic rings. The molecule has 2 amide bonds. The standard InChI is InChI=1S/C18H23N5O2/c1-21-11-12-23(18(21)24)15-7-9-22(10-8-15)13-16-19-20-17(25-16)14-5-3-2-4-6-14/h2-6,15H,7-13H2,1H3. The minimum atomic E-state index is 0.169. The number of likely N-dealkylation sites (tertiary alicyclic amines) is 1. The van der Waals surface area contributed by atoms with E-state index in [2.05, 4.69) is 15.1 Å². The van der Waals surface area contributed by atoms with Crippen LogP contribution in [0.1, 0.15) is 18.7 Å². The van der Waals surface area contributed by atoms with E-state index in [1.165, 1.54) is 0 Å². The molecule has 3 heterocycles. The lowest BCUT2D eigenvalue weighted by molar-refractivity contribution is 0.122. The highest BCUT2D eigenvalue weighted by Gasteiger charge is 2.33. The van der Waals surface area contributed by atoms with Crippen LogP contribution in [0.5, 0.6) is 0 Å². The van der Waals surface area contributed by atoms with Crippen molar-refractivity contribution in [2.24, 2.45) is 0 Å². The fourth-order valence-electron chi connectivity index (χ4n) is 3.60. The third-order valence-corrected chi connectivity index (χ3v) is 5.09. The third-order valence-electron chi connectivity index (χ3n) is 5.09. The van der Waals surface area contributed by atoms with Crippen molar-refractivity contribution in [2.75, 3.05) is 33.2 Å². The molecular formula is C18H23N5O2. The van der Waals surface area contributed by atoms with Gasteiger partial charge < -0.3 is 14.2 Å². The first kappa shape index (κ1) is 16.1. The number of carbonyl (C=O) groups excluding carboxylic acids is 1. The zero-order valence-electron chi connectivity index (χ0n) is 14.5. The molecule has 0 radical (unpaired) electrons. The number of aromatic nitrogens is 2. The third kappa shape index (κ3) is 3.37. The average molecular weight is 341 g/mol. The summed E-state index contributed by atoms with van der Waals surface area (Å²) in [4.78, 5) is 18.3. The first-order chi connectivity index (χ1) is 12.2. The molecule has 7 heteroatoms. The second-order valence-electron chi connectivity index (χ2n) is 6.77. The molecule has 7 nitrogen and oxygen atoms in total. The first-order valence-corrected chi connectivity index (χ1v) is 8.82. The van der Waals surface area contributed by atoms with Gasteiger partial charge >= 0.3 is 6.03 Å². The number of likely N-dealkylation sites (N-methyl/N-ethyl adjacent to an activating group) is 1. The smallest absolute Gasteiger partial charge is 0.320 e. The maximum absolute atomic E-state index is 12.1. The van der Waals surface area contributed by atoms with Crippen LogP contribution in [0.4, 0.5) is 4.79 Å². The van der Waals surface area contributed by atoms with Crippen molar-refractivity contribution in [1.82, 2.24) is 24.9 Å². The molecule has 2 fully saturated rings. The van der Waals surface area contributed by atoms with E-state index in [9.17, 15) is 4.79 Å². The molecule has 1 aromatic carbocycles. The zero-order valence-corrected chi connectivity index (χ0v) is 14.5. The van der Waals surface area contributed by atoms with E-state index in [1.54, 1.807) is 4.90 Å². The van der Waals surface area contributed by atoms with Gasteiger partial charge in [0.1, 0.15) is 0 Å². The Labute approximate surface area is 147 Å². The van der Waals surface area contributed by atoms with E-state index >= 15 is 0 Å². The minimum absolute atomic E-state index is 0.169. The fraction of sp³-hybridized carbons (Fsp3) is 0.500. The minimum Gasteiger partial charge on any atom is -0.419 e. The van der Waals surface area contributed by atoms with Crippen molar-refractivity contribution in [1.29, 1.82) is 0 Å². The van der Waals surface area contributed by atoms with Crippen LogP contribution in [0.15, 0.2) is 34.7 Å². The Bertz CT molecular complexity index is 724.